The highest BCUT2D eigenvalue weighted by Crippen LogP contribution is 2.29. The lowest BCUT2D eigenvalue weighted by Crippen LogP contribution is -2.49. The van der Waals surface area contributed by atoms with Crippen LogP contribution in [-0.2, 0) is 25.9 Å². The van der Waals surface area contributed by atoms with E-state index >= 15 is 0 Å². The van der Waals surface area contributed by atoms with Gasteiger partial charge in [0.2, 0.25) is 0 Å². The van der Waals surface area contributed by atoms with Gasteiger partial charge < -0.3 is 20.6 Å². The van der Waals surface area contributed by atoms with Crippen LogP contribution in [0, 0.1) is 0 Å². The summed E-state index contributed by atoms with van der Waals surface area (Å²) < 4.78 is 0. The Morgan fingerprint density at radius 1 is 1.15 bits per heavy atom. The Labute approximate surface area is 209 Å². The molecule has 34 heavy (non-hydrogen) atoms. The fourth-order valence-electron chi connectivity index (χ4n) is 4.55. The predicted molar refractivity (Wildman–Crippen MR) is 136 cm³/mol. The zero-order chi connectivity index (χ0) is 22.8. The van der Waals surface area contributed by atoms with Gasteiger partial charge in [-0.15, -0.1) is 23.7 Å². The van der Waals surface area contributed by atoms with Crippen LogP contribution in [0.25, 0.3) is 0 Å². The smallest absolute Gasteiger partial charge is 0.261 e. The van der Waals surface area contributed by atoms with Crippen molar-refractivity contribution in [1.82, 2.24) is 15.5 Å². The molecule has 2 aromatic carbocycles. The quantitative estimate of drug-likeness (QED) is 0.488. The summed E-state index contributed by atoms with van der Waals surface area (Å²) in [6.07, 6.45) is 0.784. The molecule has 2 amide bonds. The molecule has 0 spiro atoms. The van der Waals surface area contributed by atoms with E-state index in [9.17, 15) is 14.7 Å². The van der Waals surface area contributed by atoms with Crippen LogP contribution < -0.4 is 10.6 Å². The minimum absolute atomic E-state index is 0. The number of hydrogen-bond acceptors (Lipinski definition) is 5. The Morgan fingerprint density at radius 3 is 2.68 bits per heavy atom. The first-order valence-corrected chi connectivity index (χ1v) is 12.1. The molecular formula is C26H28ClN3O3S. The van der Waals surface area contributed by atoms with E-state index in [0.717, 1.165) is 23.3 Å². The van der Waals surface area contributed by atoms with Gasteiger partial charge in [0, 0.05) is 43.5 Å². The van der Waals surface area contributed by atoms with E-state index in [1.165, 1.54) is 22.5 Å². The van der Waals surface area contributed by atoms with Crippen molar-refractivity contribution in [2.75, 3.05) is 13.1 Å². The highest BCUT2D eigenvalue weighted by molar-refractivity contribution is 7.14. The molecule has 3 heterocycles. The van der Waals surface area contributed by atoms with E-state index in [-0.39, 0.29) is 36.8 Å². The first-order chi connectivity index (χ1) is 16.1. The second-order valence-electron chi connectivity index (χ2n) is 8.65. The molecule has 0 aliphatic carbocycles. The number of hydrogen-bond donors (Lipinski definition) is 3. The van der Waals surface area contributed by atoms with Gasteiger partial charge in [0.15, 0.2) is 0 Å². The SMILES string of the molecule is Cl.O=C(NC[C@@H](O)[C@@H]1Cc2ccccc2CN1)c1cc2c(s1)CCN(Cc1ccccc1)C2=O. The maximum atomic E-state index is 13.0. The van der Waals surface area contributed by atoms with Crippen LogP contribution in [0.2, 0.25) is 0 Å². The Bertz CT molecular complexity index is 1170. The number of carbonyl (C=O) groups is 2. The molecule has 5 rings (SSSR count). The third kappa shape index (κ3) is 5.18. The average molecular weight is 498 g/mol. The largest absolute Gasteiger partial charge is 0.390 e. The van der Waals surface area contributed by atoms with Crippen molar-refractivity contribution >= 4 is 35.6 Å². The fourth-order valence-corrected chi connectivity index (χ4v) is 5.61. The number of aliphatic hydroxyl groups is 1. The first kappa shape index (κ1) is 24.4. The number of rotatable bonds is 6. The van der Waals surface area contributed by atoms with Crippen molar-refractivity contribution in [3.05, 3.63) is 92.7 Å². The number of aliphatic hydroxyl groups excluding tert-OH is 1. The third-order valence-electron chi connectivity index (χ3n) is 6.42. The van der Waals surface area contributed by atoms with Crippen LogP contribution in [0.1, 0.15) is 41.6 Å². The third-order valence-corrected chi connectivity index (χ3v) is 7.62. The van der Waals surface area contributed by atoms with Crippen LogP contribution in [0.15, 0.2) is 60.7 Å². The van der Waals surface area contributed by atoms with Crippen molar-refractivity contribution in [2.45, 2.75) is 38.1 Å². The number of carbonyl (C=O) groups excluding carboxylic acids is 2. The molecule has 0 saturated carbocycles. The summed E-state index contributed by atoms with van der Waals surface area (Å²) in [6, 6.07) is 19.7. The van der Waals surface area contributed by atoms with Gasteiger partial charge in [-0.1, -0.05) is 54.6 Å². The van der Waals surface area contributed by atoms with E-state index in [1.54, 1.807) is 6.07 Å². The molecule has 2 aliphatic heterocycles. The lowest BCUT2D eigenvalue weighted by molar-refractivity contribution is 0.0729. The molecule has 1 aromatic heterocycles. The second-order valence-corrected chi connectivity index (χ2v) is 9.78. The maximum Gasteiger partial charge on any atom is 0.261 e. The number of nitrogens with one attached hydrogen (secondary N) is 2. The molecule has 2 aliphatic rings. The molecular weight excluding hydrogens is 470 g/mol. The van der Waals surface area contributed by atoms with Crippen LogP contribution in [0.3, 0.4) is 0 Å². The van der Waals surface area contributed by atoms with Crippen LogP contribution in [0.4, 0.5) is 0 Å². The molecule has 0 radical (unpaired) electrons. The zero-order valence-electron chi connectivity index (χ0n) is 18.7. The van der Waals surface area contributed by atoms with Gasteiger partial charge in [0.1, 0.15) is 0 Å². The minimum Gasteiger partial charge on any atom is -0.390 e. The Morgan fingerprint density at radius 2 is 1.88 bits per heavy atom. The number of thiophene rings is 1. The standard InChI is InChI=1S/C26H27N3O3S.ClH/c30-22(21-12-18-8-4-5-9-19(18)14-27-21)15-28-25(31)24-13-20-23(33-24)10-11-29(26(20)32)16-17-6-2-1-3-7-17;/h1-9,13,21-22,27,30H,10-12,14-16H2,(H,28,31);1H/t21-,22+;/m0./s1. The van der Waals surface area contributed by atoms with Crippen molar-refractivity contribution in [3.63, 3.8) is 0 Å². The van der Waals surface area contributed by atoms with Gasteiger partial charge in [0.25, 0.3) is 11.8 Å². The predicted octanol–water partition coefficient (Wildman–Crippen LogP) is 3.17. The molecule has 0 unspecified atom stereocenters. The van der Waals surface area contributed by atoms with Crippen molar-refractivity contribution < 1.29 is 14.7 Å². The highest BCUT2D eigenvalue weighted by atomic mass is 35.5. The van der Waals surface area contributed by atoms with Gasteiger partial charge in [-0.2, -0.15) is 0 Å². The summed E-state index contributed by atoms with van der Waals surface area (Å²) in [6.45, 7) is 2.09. The molecule has 2 atom stereocenters. The van der Waals surface area contributed by atoms with Gasteiger partial charge in [0.05, 0.1) is 16.5 Å². The fraction of sp³-hybridized carbons (Fsp3) is 0.308. The summed E-state index contributed by atoms with van der Waals surface area (Å²) in [5, 5.41) is 16.9. The molecule has 178 valence electrons. The van der Waals surface area contributed by atoms with Gasteiger partial charge >= 0.3 is 0 Å². The minimum atomic E-state index is -0.695. The van der Waals surface area contributed by atoms with Gasteiger partial charge in [-0.3, -0.25) is 9.59 Å². The maximum absolute atomic E-state index is 13.0. The van der Waals surface area contributed by atoms with Gasteiger partial charge in [-0.05, 0) is 29.2 Å². The molecule has 0 fully saturated rings. The van der Waals surface area contributed by atoms with Crippen LogP contribution in [0.5, 0.6) is 0 Å². The number of benzene rings is 2. The lowest BCUT2D eigenvalue weighted by atomic mass is 9.93. The molecule has 8 heteroatoms. The monoisotopic (exact) mass is 497 g/mol. The van der Waals surface area contributed by atoms with Crippen molar-refractivity contribution in [3.8, 4) is 0 Å². The first-order valence-electron chi connectivity index (χ1n) is 11.3. The number of amides is 2. The molecule has 0 saturated heterocycles. The Kier molecular flexibility index (Phi) is 7.68. The zero-order valence-corrected chi connectivity index (χ0v) is 20.3. The molecule has 3 aromatic rings. The summed E-state index contributed by atoms with van der Waals surface area (Å²) in [7, 11) is 0. The average Bonchev–Trinajstić information content (AvgIpc) is 3.30. The van der Waals surface area contributed by atoms with Crippen LogP contribution >= 0.6 is 23.7 Å². The van der Waals surface area contributed by atoms with E-state index in [1.807, 2.05) is 47.4 Å². The Hall–Kier alpha value is -2.71. The normalized spacial score (nSPS) is 17.9. The summed E-state index contributed by atoms with van der Waals surface area (Å²) >= 11 is 1.38. The number of nitrogens with zero attached hydrogens (tertiary/aromatic N) is 1. The van der Waals surface area contributed by atoms with Crippen LogP contribution in [-0.4, -0.2) is 47.1 Å². The Balaban J connectivity index is 0.00000274. The van der Waals surface area contributed by atoms with E-state index in [2.05, 4.69) is 22.8 Å². The molecule has 6 nitrogen and oxygen atoms in total. The summed E-state index contributed by atoms with van der Waals surface area (Å²) in [5.41, 5.74) is 4.20. The second kappa shape index (κ2) is 10.7. The molecule has 3 N–H and O–H groups in total. The van der Waals surface area contributed by atoms with E-state index in [4.69, 9.17) is 0 Å². The van der Waals surface area contributed by atoms with Crippen molar-refractivity contribution in [1.29, 1.82) is 0 Å². The number of fused-ring (bicyclic) bond motifs is 2. The highest BCUT2D eigenvalue weighted by Gasteiger charge is 2.29. The van der Waals surface area contributed by atoms with Gasteiger partial charge in [-0.25, -0.2) is 0 Å². The molecule has 0 bridgehead atoms. The summed E-state index contributed by atoms with van der Waals surface area (Å²) in [4.78, 5) is 29.1. The topological polar surface area (TPSA) is 81.7 Å². The lowest BCUT2D eigenvalue weighted by Gasteiger charge is -2.29. The van der Waals surface area contributed by atoms with E-state index < -0.39 is 6.10 Å². The number of halogens is 1. The van der Waals surface area contributed by atoms with E-state index in [0.29, 0.717) is 30.1 Å². The summed E-state index contributed by atoms with van der Waals surface area (Å²) in [5.74, 6) is -0.271. The van der Waals surface area contributed by atoms with Crippen molar-refractivity contribution in [2.24, 2.45) is 0 Å².